The Balaban J connectivity index is 3.06. The molecule has 0 aliphatic heterocycles. The number of aliphatic hydroxyl groups excluding tert-OH is 1. The van der Waals surface area contributed by atoms with Gasteiger partial charge < -0.3 is 5.11 Å². The summed E-state index contributed by atoms with van der Waals surface area (Å²) < 4.78 is 36.4. The maximum atomic E-state index is 12.1. The molecule has 1 aromatic carbocycles. The molecule has 0 saturated heterocycles. The molecule has 0 radical (unpaired) electrons. The molecule has 0 aliphatic carbocycles. The molecule has 0 amide bonds. The highest BCUT2D eigenvalue weighted by Crippen LogP contribution is 2.31. The van der Waals surface area contributed by atoms with E-state index in [1.54, 1.807) is 0 Å². The minimum Gasteiger partial charge on any atom is -0.377 e. The number of alkyl halides is 4. The highest BCUT2D eigenvalue weighted by molar-refractivity contribution is 9.09. The number of aliphatic hydroxyl groups is 1. The van der Waals surface area contributed by atoms with E-state index in [4.69, 9.17) is 5.11 Å². The van der Waals surface area contributed by atoms with Crippen LogP contribution in [0.5, 0.6) is 0 Å². The fraction of sp³-hybridized carbons (Fsp3) is 0.250. The second-order valence-corrected chi connectivity index (χ2v) is 3.33. The molecular weight excluding hydrogens is 249 g/mol. The van der Waals surface area contributed by atoms with E-state index in [1.807, 2.05) is 0 Å². The molecular formula is C8H6BrF3O. The number of halogens is 4. The normalized spacial score (nSPS) is 14.2. The smallest absolute Gasteiger partial charge is 0.377 e. The van der Waals surface area contributed by atoms with Gasteiger partial charge >= 0.3 is 6.18 Å². The van der Waals surface area contributed by atoms with Gasteiger partial charge in [0.1, 0.15) is 5.01 Å². The van der Waals surface area contributed by atoms with Crippen molar-refractivity contribution in [3.05, 3.63) is 35.4 Å². The SMILES string of the molecule is OC(Br)c1cccc(C(F)(F)F)c1. The zero-order chi connectivity index (χ0) is 10.1. The van der Waals surface area contributed by atoms with Crippen LogP contribution < -0.4 is 0 Å². The van der Waals surface area contributed by atoms with Crippen molar-refractivity contribution in [3.8, 4) is 0 Å². The summed E-state index contributed by atoms with van der Waals surface area (Å²) in [5.41, 5.74) is -0.571. The average molecular weight is 255 g/mol. The van der Waals surface area contributed by atoms with Gasteiger partial charge in [-0.05, 0) is 17.7 Å². The number of rotatable bonds is 1. The van der Waals surface area contributed by atoms with Crippen LogP contribution in [0.3, 0.4) is 0 Å². The third-order valence-corrected chi connectivity index (χ3v) is 2.02. The third kappa shape index (κ3) is 2.70. The van der Waals surface area contributed by atoms with E-state index in [0.717, 1.165) is 12.1 Å². The van der Waals surface area contributed by atoms with Crippen LogP contribution in [0.25, 0.3) is 0 Å². The summed E-state index contributed by atoms with van der Waals surface area (Å²) in [6, 6.07) is 4.52. The minimum atomic E-state index is -4.36. The summed E-state index contributed by atoms with van der Waals surface area (Å²) >= 11 is 2.77. The van der Waals surface area contributed by atoms with Crippen molar-refractivity contribution in [2.24, 2.45) is 0 Å². The molecule has 0 saturated carbocycles. The molecule has 1 atom stereocenters. The Morgan fingerprint density at radius 2 is 1.92 bits per heavy atom. The van der Waals surface area contributed by atoms with Crippen LogP contribution in [-0.2, 0) is 6.18 Å². The van der Waals surface area contributed by atoms with Gasteiger partial charge in [-0.2, -0.15) is 13.2 Å². The van der Waals surface area contributed by atoms with Gasteiger partial charge in [0.15, 0.2) is 0 Å². The molecule has 1 rings (SSSR count). The van der Waals surface area contributed by atoms with Crippen molar-refractivity contribution < 1.29 is 18.3 Å². The highest BCUT2D eigenvalue weighted by Gasteiger charge is 2.30. The lowest BCUT2D eigenvalue weighted by Crippen LogP contribution is -2.05. The lowest BCUT2D eigenvalue weighted by molar-refractivity contribution is -0.137. The largest absolute Gasteiger partial charge is 0.416 e. The first kappa shape index (κ1) is 10.5. The monoisotopic (exact) mass is 254 g/mol. The summed E-state index contributed by atoms with van der Waals surface area (Å²) in [5.74, 6) is 0. The Kier molecular flexibility index (Phi) is 2.98. The van der Waals surface area contributed by atoms with Crippen LogP contribution in [-0.4, -0.2) is 5.11 Å². The number of benzene rings is 1. The molecule has 1 unspecified atom stereocenters. The summed E-state index contributed by atoms with van der Waals surface area (Å²) in [7, 11) is 0. The van der Waals surface area contributed by atoms with Crippen molar-refractivity contribution in [2.45, 2.75) is 11.2 Å². The fourth-order valence-electron chi connectivity index (χ4n) is 0.863. The van der Waals surface area contributed by atoms with E-state index in [1.165, 1.54) is 12.1 Å². The van der Waals surface area contributed by atoms with Crippen LogP contribution in [0, 0.1) is 0 Å². The second-order valence-electron chi connectivity index (χ2n) is 2.46. The summed E-state index contributed by atoms with van der Waals surface area (Å²) in [6.07, 6.45) is -4.36. The fourth-order valence-corrected chi connectivity index (χ4v) is 1.15. The Morgan fingerprint density at radius 3 is 2.38 bits per heavy atom. The van der Waals surface area contributed by atoms with Gasteiger partial charge in [0.2, 0.25) is 0 Å². The van der Waals surface area contributed by atoms with E-state index in [9.17, 15) is 13.2 Å². The van der Waals surface area contributed by atoms with Gasteiger partial charge in [-0.1, -0.05) is 28.1 Å². The molecule has 0 spiro atoms. The van der Waals surface area contributed by atoms with Gasteiger partial charge in [0.25, 0.3) is 0 Å². The molecule has 13 heavy (non-hydrogen) atoms. The van der Waals surface area contributed by atoms with E-state index in [0.29, 0.717) is 0 Å². The molecule has 5 heteroatoms. The molecule has 0 aliphatic rings. The Bertz CT molecular complexity index is 296. The standard InChI is InChI=1S/C8H6BrF3O/c9-7(13)5-2-1-3-6(4-5)8(10,11)12/h1-4,7,13H. The van der Waals surface area contributed by atoms with Gasteiger partial charge in [-0.25, -0.2) is 0 Å². The van der Waals surface area contributed by atoms with E-state index < -0.39 is 16.8 Å². The molecule has 72 valence electrons. The minimum absolute atomic E-state index is 0.190. The third-order valence-electron chi connectivity index (χ3n) is 1.49. The summed E-state index contributed by atoms with van der Waals surface area (Å²) in [4.78, 5) is 0. The van der Waals surface area contributed by atoms with Gasteiger partial charge in [0.05, 0.1) is 5.56 Å². The maximum absolute atomic E-state index is 12.1. The van der Waals surface area contributed by atoms with Crippen molar-refractivity contribution >= 4 is 15.9 Å². The van der Waals surface area contributed by atoms with Gasteiger partial charge in [-0.3, -0.25) is 0 Å². The topological polar surface area (TPSA) is 20.2 Å². The van der Waals surface area contributed by atoms with E-state index >= 15 is 0 Å². The molecule has 0 heterocycles. The lowest BCUT2D eigenvalue weighted by Gasteiger charge is -2.09. The quantitative estimate of drug-likeness (QED) is 0.764. The first-order valence-electron chi connectivity index (χ1n) is 3.40. The molecule has 1 N–H and O–H groups in total. The van der Waals surface area contributed by atoms with Crippen molar-refractivity contribution in [3.63, 3.8) is 0 Å². The molecule has 0 fully saturated rings. The molecule has 1 aromatic rings. The predicted molar refractivity (Wildman–Crippen MR) is 45.3 cm³/mol. The molecule has 0 bridgehead atoms. The van der Waals surface area contributed by atoms with Crippen molar-refractivity contribution in [1.82, 2.24) is 0 Å². The van der Waals surface area contributed by atoms with Gasteiger partial charge in [-0.15, -0.1) is 0 Å². The Morgan fingerprint density at radius 1 is 1.31 bits per heavy atom. The van der Waals surface area contributed by atoms with Gasteiger partial charge in [0, 0.05) is 0 Å². The second kappa shape index (κ2) is 3.67. The first-order chi connectivity index (χ1) is 5.91. The Labute approximate surface area is 81.3 Å². The van der Waals surface area contributed by atoms with Crippen molar-refractivity contribution in [2.75, 3.05) is 0 Å². The molecule has 0 aromatic heterocycles. The zero-order valence-corrected chi connectivity index (χ0v) is 7.93. The Hall–Kier alpha value is -0.550. The predicted octanol–water partition coefficient (Wildman–Crippen LogP) is 3.09. The summed E-state index contributed by atoms with van der Waals surface area (Å²) in [5, 5.41) is 7.90. The first-order valence-corrected chi connectivity index (χ1v) is 4.32. The van der Waals surface area contributed by atoms with Crippen LogP contribution in [0.4, 0.5) is 13.2 Å². The van der Waals surface area contributed by atoms with Crippen LogP contribution in [0.15, 0.2) is 24.3 Å². The average Bonchev–Trinajstić information content (AvgIpc) is 2.03. The van der Waals surface area contributed by atoms with Crippen LogP contribution in [0.1, 0.15) is 16.1 Å². The lowest BCUT2D eigenvalue weighted by atomic mass is 10.1. The van der Waals surface area contributed by atoms with E-state index in [-0.39, 0.29) is 5.56 Å². The van der Waals surface area contributed by atoms with Crippen molar-refractivity contribution in [1.29, 1.82) is 0 Å². The maximum Gasteiger partial charge on any atom is 0.416 e. The van der Waals surface area contributed by atoms with Crippen LogP contribution in [0.2, 0.25) is 0 Å². The molecule has 1 nitrogen and oxygen atoms in total. The highest BCUT2D eigenvalue weighted by atomic mass is 79.9. The van der Waals surface area contributed by atoms with E-state index in [2.05, 4.69) is 15.9 Å². The summed E-state index contributed by atoms with van der Waals surface area (Å²) in [6.45, 7) is 0. The number of hydrogen-bond donors (Lipinski definition) is 1. The van der Waals surface area contributed by atoms with Crippen LogP contribution >= 0.6 is 15.9 Å². The zero-order valence-electron chi connectivity index (χ0n) is 6.35. The number of hydrogen-bond acceptors (Lipinski definition) is 1.